The van der Waals surface area contributed by atoms with Crippen LogP contribution in [0.2, 0.25) is 0 Å². The van der Waals surface area contributed by atoms with Crippen LogP contribution >= 0.6 is 0 Å². The van der Waals surface area contributed by atoms with E-state index in [4.69, 9.17) is 9.47 Å². The molecule has 2 atom stereocenters. The molecule has 2 unspecified atom stereocenters. The summed E-state index contributed by atoms with van der Waals surface area (Å²) < 4.78 is 22.8. The van der Waals surface area contributed by atoms with Gasteiger partial charge in [-0.2, -0.15) is 0 Å². The molecule has 3 nitrogen and oxygen atoms in total. The highest BCUT2D eigenvalue weighted by atomic mass is 19.1. The first-order valence-corrected chi connectivity index (χ1v) is 4.61. The molecule has 1 aliphatic rings. The Labute approximate surface area is 77.2 Å². The molecule has 0 saturated carbocycles. The molecule has 0 amide bonds. The Hall–Kier alpha value is -0.640. The van der Waals surface area contributed by atoms with Crippen molar-refractivity contribution in [1.82, 2.24) is 0 Å². The van der Waals surface area contributed by atoms with Gasteiger partial charge in [-0.1, -0.05) is 0 Å². The van der Waals surface area contributed by atoms with Crippen LogP contribution in [0, 0.1) is 5.92 Å². The van der Waals surface area contributed by atoms with Gasteiger partial charge in [0.2, 0.25) is 0 Å². The van der Waals surface area contributed by atoms with Crippen LogP contribution in [0.5, 0.6) is 0 Å². The standard InChI is InChI=1S/C9H15FO3/c1-2-13-9(11)5-7-3-4-12-6-8(7)10/h7-8H,2-6H2,1H3. The zero-order chi connectivity index (χ0) is 9.68. The molecule has 0 aromatic carbocycles. The van der Waals surface area contributed by atoms with E-state index < -0.39 is 6.17 Å². The number of carbonyl (C=O) groups excluding carboxylic acids is 1. The van der Waals surface area contributed by atoms with E-state index in [0.29, 0.717) is 19.6 Å². The highest BCUT2D eigenvalue weighted by Crippen LogP contribution is 2.22. The SMILES string of the molecule is CCOC(=O)CC1CCOCC1F. The molecular weight excluding hydrogens is 175 g/mol. The summed E-state index contributed by atoms with van der Waals surface area (Å²) in [4.78, 5) is 11.0. The average molecular weight is 190 g/mol. The predicted octanol–water partition coefficient (Wildman–Crippen LogP) is 1.31. The van der Waals surface area contributed by atoms with Gasteiger partial charge in [0, 0.05) is 12.5 Å². The van der Waals surface area contributed by atoms with Gasteiger partial charge in [0.25, 0.3) is 0 Å². The van der Waals surface area contributed by atoms with Crippen LogP contribution in [-0.4, -0.2) is 32.0 Å². The van der Waals surface area contributed by atoms with E-state index >= 15 is 0 Å². The second-order valence-corrected chi connectivity index (χ2v) is 3.15. The minimum atomic E-state index is -1.02. The van der Waals surface area contributed by atoms with Crippen LogP contribution in [-0.2, 0) is 14.3 Å². The molecule has 0 spiro atoms. The predicted molar refractivity (Wildman–Crippen MR) is 45.1 cm³/mol. The molecule has 0 aromatic rings. The maximum absolute atomic E-state index is 13.1. The summed E-state index contributed by atoms with van der Waals surface area (Å²) in [7, 11) is 0. The van der Waals surface area contributed by atoms with Gasteiger partial charge >= 0.3 is 5.97 Å². The van der Waals surface area contributed by atoms with E-state index in [1.807, 2.05) is 0 Å². The summed E-state index contributed by atoms with van der Waals surface area (Å²) in [6, 6.07) is 0. The Morgan fingerprint density at radius 1 is 1.69 bits per heavy atom. The number of alkyl halides is 1. The van der Waals surface area contributed by atoms with E-state index in [0.717, 1.165) is 0 Å². The maximum Gasteiger partial charge on any atom is 0.306 e. The third-order valence-corrected chi connectivity index (χ3v) is 2.16. The van der Waals surface area contributed by atoms with Crippen LogP contribution < -0.4 is 0 Å². The van der Waals surface area contributed by atoms with Crippen molar-refractivity contribution in [2.45, 2.75) is 25.9 Å². The molecule has 0 radical (unpaired) electrons. The summed E-state index contributed by atoms with van der Waals surface area (Å²) in [5.41, 5.74) is 0. The number of hydrogen-bond acceptors (Lipinski definition) is 3. The minimum absolute atomic E-state index is 0.115. The highest BCUT2D eigenvalue weighted by molar-refractivity contribution is 5.69. The van der Waals surface area contributed by atoms with Crippen LogP contribution in [0.4, 0.5) is 4.39 Å². The van der Waals surface area contributed by atoms with E-state index in [1.54, 1.807) is 6.92 Å². The third-order valence-electron chi connectivity index (χ3n) is 2.16. The lowest BCUT2D eigenvalue weighted by atomic mass is 9.95. The molecule has 1 saturated heterocycles. The van der Waals surface area contributed by atoms with Crippen LogP contribution in [0.3, 0.4) is 0 Å². The van der Waals surface area contributed by atoms with Crippen LogP contribution in [0.1, 0.15) is 19.8 Å². The molecule has 76 valence electrons. The molecule has 0 bridgehead atoms. The van der Waals surface area contributed by atoms with Crippen LogP contribution in [0.15, 0.2) is 0 Å². The van der Waals surface area contributed by atoms with Gasteiger partial charge in [-0.3, -0.25) is 4.79 Å². The second kappa shape index (κ2) is 5.17. The van der Waals surface area contributed by atoms with Gasteiger partial charge in [-0.05, 0) is 13.3 Å². The zero-order valence-corrected chi connectivity index (χ0v) is 7.79. The lowest BCUT2D eigenvalue weighted by Gasteiger charge is -2.24. The molecule has 4 heteroatoms. The first kappa shape index (κ1) is 10.4. The van der Waals surface area contributed by atoms with Crippen molar-refractivity contribution in [2.24, 2.45) is 5.92 Å². The van der Waals surface area contributed by atoms with Gasteiger partial charge in [0.1, 0.15) is 6.17 Å². The second-order valence-electron chi connectivity index (χ2n) is 3.15. The molecule has 1 fully saturated rings. The normalized spacial score (nSPS) is 28.5. The molecule has 0 aromatic heterocycles. The van der Waals surface area contributed by atoms with Crippen molar-refractivity contribution < 1.29 is 18.7 Å². The fraction of sp³-hybridized carbons (Fsp3) is 0.889. The summed E-state index contributed by atoms with van der Waals surface area (Å²) in [5, 5.41) is 0. The van der Waals surface area contributed by atoms with Gasteiger partial charge in [-0.15, -0.1) is 0 Å². The number of rotatable bonds is 3. The molecule has 1 aliphatic heterocycles. The molecule has 1 heterocycles. The number of esters is 1. The highest BCUT2D eigenvalue weighted by Gasteiger charge is 2.27. The zero-order valence-electron chi connectivity index (χ0n) is 7.79. The lowest BCUT2D eigenvalue weighted by molar-refractivity contribution is -0.146. The Morgan fingerprint density at radius 2 is 2.46 bits per heavy atom. The van der Waals surface area contributed by atoms with Crippen molar-refractivity contribution in [3.63, 3.8) is 0 Å². The van der Waals surface area contributed by atoms with Crippen molar-refractivity contribution in [3.05, 3.63) is 0 Å². The number of halogens is 1. The number of carbonyl (C=O) groups is 1. The van der Waals surface area contributed by atoms with Crippen molar-refractivity contribution in [1.29, 1.82) is 0 Å². The Kier molecular flexibility index (Phi) is 4.15. The molecular formula is C9H15FO3. The van der Waals surface area contributed by atoms with Gasteiger partial charge in [-0.25, -0.2) is 4.39 Å². The first-order chi connectivity index (χ1) is 6.24. The monoisotopic (exact) mass is 190 g/mol. The fourth-order valence-electron chi connectivity index (χ4n) is 1.41. The van der Waals surface area contributed by atoms with Crippen molar-refractivity contribution >= 4 is 5.97 Å². The quantitative estimate of drug-likeness (QED) is 0.629. The molecule has 1 rings (SSSR count). The van der Waals surface area contributed by atoms with E-state index in [1.165, 1.54) is 0 Å². The summed E-state index contributed by atoms with van der Waals surface area (Å²) in [6.07, 6.45) is -0.226. The van der Waals surface area contributed by atoms with E-state index in [2.05, 4.69) is 0 Å². The minimum Gasteiger partial charge on any atom is -0.466 e. The fourth-order valence-corrected chi connectivity index (χ4v) is 1.41. The van der Waals surface area contributed by atoms with Crippen molar-refractivity contribution in [2.75, 3.05) is 19.8 Å². The van der Waals surface area contributed by atoms with Crippen LogP contribution in [0.25, 0.3) is 0 Å². The Morgan fingerprint density at radius 3 is 3.08 bits per heavy atom. The summed E-state index contributed by atoms with van der Waals surface area (Å²) >= 11 is 0. The largest absolute Gasteiger partial charge is 0.466 e. The molecule has 13 heavy (non-hydrogen) atoms. The Bertz CT molecular complexity index is 172. The third kappa shape index (κ3) is 3.30. The van der Waals surface area contributed by atoms with Gasteiger partial charge in [0.05, 0.1) is 19.6 Å². The summed E-state index contributed by atoms with van der Waals surface area (Å²) in [6.45, 7) is 2.77. The van der Waals surface area contributed by atoms with E-state index in [9.17, 15) is 9.18 Å². The number of hydrogen-bond donors (Lipinski definition) is 0. The number of ether oxygens (including phenoxy) is 2. The Balaban J connectivity index is 2.29. The molecule has 0 aliphatic carbocycles. The topological polar surface area (TPSA) is 35.5 Å². The summed E-state index contributed by atoms with van der Waals surface area (Å²) in [5.74, 6) is -0.523. The lowest BCUT2D eigenvalue weighted by Crippen LogP contribution is -2.31. The van der Waals surface area contributed by atoms with Gasteiger partial charge < -0.3 is 9.47 Å². The molecule has 0 N–H and O–H groups in total. The maximum atomic E-state index is 13.1. The van der Waals surface area contributed by atoms with E-state index in [-0.39, 0.29) is 24.9 Å². The smallest absolute Gasteiger partial charge is 0.306 e. The van der Waals surface area contributed by atoms with Gasteiger partial charge in [0.15, 0.2) is 0 Å². The van der Waals surface area contributed by atoms with Crippen molar-refractivity contribution in [3.8, 4) is 0 Å². The first-order valence-electron chi connectivity index (χ1n) is 4.61. The average Bonchev–Trinajstić information content (AvgIpc) is 2.09.